The van der Waals surface area contributed by atoms with E-state index in [0.717, 1.165) is 37.5 Å². The first-order chi connectivity index (χ1) is 8.58. The maximum atomic E-state index is 12.2. The molecule has 2 rings (SSSR count). The van der Waals surface area contributed by atoms with Crippen LogP contribution in [0, 0.1) is 6.92 Å². The highest BCUT2D eigenvalue weighted by atomic mass is 16.3. The molecule has 4 nitrogen and oxygen atoms in total. The minimum Gasteiger partial charge on any atom is -0.465 e. The standard InChI is InChI=1S/C14H22N2O2/c1-10-6-7-13(18-10)11(2)15-12(3)14(17)16-8-4-5-9-16/h6-7,11-12,15H,4-5,8-9H2,1-3H3. The number of rotatable bonds is 4. The zero-order chi connectivity index (χ0) is 13.1. The van der Waals surface area contributed by atoms with Gasteiger partial charge in [0.1, 0.15) is 11.5 Å². The second kappa shape index (κ2) is 5.57. The molecule has 1 fully saturated rings. The van der Waals surface area contributed by atoms with Gasteiger partial charge in [-0.05, 0) is 45.7 Å². The molecule has 2 heterocycles. The Bertz CT molecular complexity index is 408. The summed E-state index contributed by atoms with van der Waals surface area (Å²) in [5, 5.41) is 3.30. The lowest BCUT2D eigenvalue weighted by atomic mass is 10.2. The van der Waals surface area contributed by atoms with Crippen molar-refractivity contribution in [1.29, 1.82) is 0 Å². The number of hydrogen-bond acceptors (Lipinski definition) is 3. The van der Waals surface area contributed by atoms with Crippen molar-refractivity contribution in [1.82, 2.24) is 10.2 Å². The Morgan fingerprint density at radius 1 is 1.33 bits per heavy atom. The smallest absolute Gasteiger partial charge is 0.239 e. The van der Waals surface area contributed by atoms with Crippen molar-refractivity contribution in [3.8, 4) is 0 Å². The summed E-state index contributed by atoms with van der Waals surface area (Å²) in [4.78, 5) is 14.1. The predicted octanol–water partition coefficient (Wildman–Crippen LogP) is 2.25. The molecule has 2 unspecified atom stereocenters. The lowest BCUT2D eigenvalue weighted by Crippen LogP contribution is -2.44. The van der Waals surface area contributed by atoms with E-state index >= 15 is 0 Å². The molecule has 0 spiro atoms. The molecule has 1 N–H and O–H groups in total. The maximum absolute atomic E-state index is 12.2. The molecule has 2 atom stereocenters. The van der Waals surface area contributed by atoms with E-state index in [4.69, 9.17) is 4.42 Å². The van der Waals surface area contributed by atoms with Gasteiger partial charge in [-0.2, -0.15) is 0 Å². The number of aryl methyl sites for hydroxylation is 1. The topological polar surface area (TPSA) is 45.5 Å². The van der Waals surface area contributed by atoms with E-state index in [2.05, 4.69) is 5.32 Å². The molecule has 1 aromatic heterocycles. The Labute approximate surface area is 108 Å². The third-order valence-electron chi connectivity index (χ3n) is 3.48. The first-order valence-electron chi connectivity index (χ1n) is 6.69. The fourth-order valence-corrected chi connectivity index (χ4v) is 2.43. The fourth-order valence-electron chi connectivity index (χ4n) is 2.43. The average Bonchev–Trinajstić information content (AvgIpc) is 2.98. The molecule has 1 aromatic rings. The Morgan fingerprint density at radius 2 is 2.00 bits per heavy atom. The van der Waals surface area contributed by atoms with Gasteiger partial charge in [0.2, 0.25) is 5.91 Å². The van der Waals surface area contributed by atoms with Crippen LogP contribution in [0.1, 0.15) is 44.3 Å². The zero-order valence-corrected chi connectivity index (χ0v) is 11.4. The number of furan rings is 1. The molecular weight excluding hydrogens is 228 g/mol. The first kappa shape index (κ1) is 13.1. The quantitative estimate of drug-likeness (QED) is 0.891. The Morgan fingerprint density at radius 3 is 2.56 bits per heavy atom. The lowest BCUT2D eigenvalue weighted by Gasteiger charge is -2.23. The third-order valence-corrected chi connectivity index (χ3v) is 3.48. The van der Waals surface area contributed by atoms with Crippen LogP contribution in [0.25, 0.3) is 0 Å². The molecule has 1 aliphatic rings. The molecule has 1 aliphatic heterocycles. The molecule has 1 saturated heterocycles. The average molecular weight is 250 g/mol. The highest BCUT2D eigenvalue weighted by Gasteiger charge is 2.24. The normalized spacial score (nSPS) is 18.9. The van der Waals surface area contributed by atoms with E-state index in [-0.39, 0.29) is 18.0 Å². The van der Waals surface area contributed by atoms with Gasteiger partial charge >= 0.3 is 0 Å². The third kappa shape index (κ3) is 2.93. The van der Waals surface area contributed by atoms with Gasteiger partial charge in [-0.1, -0.05) is 0 Å². The minimum absolute atomic E-state index is 0.0558. The van der Waals surface area contributed by atoms with Gasteiger partial charge < -0.3 is 9.32 Å². The zero-order valence-electron chi connectivity index (χ0n) is 11.4. The lowest BCUT2D eigenvalue weighted by molar-refractivity contribution is -0.132. The van der Waals surface area contributed by atoms with E-state index in [1.807, 2.05) is 37.8 Å². The molecule has 0 radical (unpaired) electrons. The summed E-state index contributed by atoms with van der Waals surface area (Å²) in [6, 6.07) is 3.80. The number of carbonyl (C=O) groups excluding carboxylic acids is 1. The molecule has 4 heteroatoms. The van der Waals surface area contributed by atoms with Gasteiger partial charge in [-0.3, -0.25) is 10.1 Å². The minimum atomic E-state index is -0.163. The van der Waals surface area contributed by atoms with E-state index in [1.165, 1.54) is 0 Å². The summed E-state index contributed by atoms with van der Waals surface area (Å²) in [6.45, 7) is 7.67. The number of likely N-dealkylation sites (tertiary alicyclic amines) is 1. The summed E-state index contributed by atoms with van der Waals surface area (Å²) in [7, 11) is 0. The summed E-state index contributed by atoms with van der Waals surface area (Å²) in [5.41, 5.74) is 0. The summed E-state index contributed by atoms with van der Waals surface area (Å²) in [6.07, 6.45) is 2.26. The van der Waals surface area contributed by atoms with E-state index in [9.17, 15) is 4.79 Å². The predicted molar refractivity (Wildman–Crippen MR) is 70.3 cm³/mol. The van der Waals surface area contributed by atoms with Crippen LogP contribution in [-0.4, -0.2) is 29.9 Å². The van der Waals surface area contributed by atoms with Crippen molar-refractivity contribution in [3.05, 3.63) is 23.7 Å². The van der Waals surface area contributed by atoms with Gasteiger partial charge in [0.15, 0.2) is 0 Å². The van der Waals surface area contributed by atoms with E-state index in [0.29, 0.717) is 0 Å². The number of nitrogens with one attached hydrogen (secondary N) is 1. The highest BCUT2D eigenvalue weighted by molar-refractivity contribution is 5.81. The number of hydrogen-bond donors (Lipinski definition) is 1. The van der Waals surface area contributed by atoms with Crippen molar-refractivity contribution < 1.29 is 9.21 Å². The monoisotopic (exact) mass is 250 g/mol. The Hall–Kier alpha value is -1.29. The molecule has 0 saturated carbocycles. The van der Waals surface area contributed by atoms with Crippen molar-refractivity contribution in [2.24, 2.45) is 0 Å². The van der Waals surface area contributed by atoms with Gasteiger partial charge in [0.25, 0.3) is 0 Å². The van der Waals surface area contributed by atoms with Gasteiger partial charge in [-0.15, -0.1) is 0 Å². The Kier molecular flexibility index (Phi) is 4.07. The highest BCUT2D eigenvalue weighted by Crippen LogP contribution is 2.17. The summed E-state index contributed by atoms with van der Waals surface area (Å²) >= 11 is 0. The van der Waals surface area contributed by atoms with Crippen molar-refractivity contribution in [2.75, 3.05) is 13.1 Å². The Balaban J connectivity index is 1.90. The van der Waals surface area contributed by atoms with Crippen LogP contribution >= 0.6 is 0 Å². The fraction of sp³-hybridized carbons (Fsp3) is 0.643. The number of nitrogens with zero attached hydrogens (tertiary/aromatic N) is 1. The van der Waals surface area contributed by atoms with Gasteiger partial charge in [0.05, 0.1) is 12.1 Å². The van der Waals surface area contributed by atoms with Crippen molar-refractivity contribution in [3.63, 3.8) is 0 Å². The second-order valence-corrected chi connectivity index (χ2v) is 5.09. The van der Waals surface area contributed by atoms with Crippen molar-refractivity contribution in [2.45, 2.75) is 45.7 Å². The van der Waals surface area contributed by atoms with Crippen LogP contribution < -0.4 is 5.32 Å². The van der Waals surface area contributed by atoms with Crippen LogP contribution in [0.2, 0.25) is 0 Å². The molecule has 0 aliphatic carbocycles. The van der Waals surface area contributed by atoms with Crippen LogP contribution in [0.4, 0.5) is 0 Å². The van der Waals surface area contributed by atoms with Crippen LogP contribution in [0.3, 0.4) is 0 Å². The van der Waals surface area contributed by atoms with E-state index in [1.54, 1.807) is 0 Å². The number of carbonyl (C=O) groups is 1. The first-order valence-corrected chi connectivity index (χ1v) is 6.69. The van der Waals surface area contributed by atoms with Crippen LogP contribution in [0.15, 0.2) is 16.5 Å². The number of amides is 1. The van der Waals surface area contributed by atoms with Crippen molar-refractivity contribution >= 4 is 5.91 Å². The van der Waals surface area contributed by atoms with Gasteiger partial charge in [-0.25, -0.2) is 0 Å². The summed E-state index contributed by atoms with van der Waals surface area (Å²) in [5.74, 6) is 1.98. The van der Waals surface area contributed by atoms with Crippen LogP contribution in [0.5, 0.6) is 0 Å². The SMILES string of the molecule is Cc1ccc(C(C)NC(C)C(=O)N2CCCC2)o1. The summed E-state index contributed by atoms with van der Waals surface area (Å²) < 4.78 is 5.56. The largest absolute Gasteiger partial charge is 0.465 e. The van der Waals surface area contributed by atoms with Gasteiger partial charge in [0, 0.05) is 13.1 Å². The van der Waals surface area contributed by atoms with Crippen LogP contribution in [-0.2, 0) is 4.79 Å². The molecular formula is C14H22N2O2. The maximum Gasteiger partial charge on any atom is 0.239 e. The molecule has 0 bridgehead atoms. The second-order valence-electron chi connectivity index (χ2n) is 5.09. The van der Waals surface area contributed by atoms with E-state index < -0.39 is 0 Å². The molecule has 0 aromatic carbocycles. The molecule has 1 amide bonds. The molecule has 18 heavy (non-hydrogen) atoms. The molecule has 100 valence electrons.